The molecule has 7 nitrogen and oxygen atoms in total. The van der Waals surface area contributed by atoms with Crippen LogP contribution in [0.1, 0.15) is 36.0 Å². The van der Waals surface area contributed by atoms with Crippen LogP contribution in [0.3, 0.4) is 0 Å². The van der Waals surface area contributed by atoms with E-state index in [1.807, 2.05) is 0 Å². The number of carboxylic acids is 1. The van der Waals surface area contributed by atoms with Gasteiger partial charge in [-0.2, -0.15) is 8.78 Å². The number of hydrogen-bond donors (Lipinski definition) is 3. The number of carbonyl (C=O) groups excluding carboxylic acids is 1. The van der Waals surface area contributed by atoms with Crippen molar-refractivity contribution in [2.45, 2.75) is 44.4 Å². The molecule has 0 bridgehead atoms. The zero-order valence-corrected chi connectivity index (χ0v) is 16.0. The molecule has 0 atom stereocenters. The summed E-state index contributed by atoms with van der Waals surface area (Å²) in [7, 11) is 0. The van der Waals surface area contributed by atoms with Crippen LogP contribution in [-0.4, -0.2) is 35.9 Å². The Bertz CT molecular complexity index is 851. The van der Waals surface area contributed by atoms with Gasteiger partial charge in [-0.05, 0) is 74.2 Å². The van der Waals surface area contributed by atoms with Crippen molar-refractivity contribution in [2.75, 3.05) is 5.32 Å². The van der Waals surface area contributed by atoms with E-state index in [0.29, 0.717) is 11.4 Å². The van der Waals surface area contributed by atoms with Crippen molar-refractivity contribution in [2.24, 2.45) is 0 Å². The second-order valence-electron chi connectivity index (χ2n) is 6.92. The summed E-state index contributed by atoms with van der Waals surface area (Å²) in [4.78, 5) is 23.0. The van der Waals surface area contributed by atoms with Crippen molar-refractivity contribution in [3.05, 3.63) is 54.1 Å². The van der Waals surface area contributed by atoms with E-state index in [1.54, 1.807) is 12.1 Å². The van der Waals surface area contributed by atoms with Gasteiger partial charge < -0.3 is 25.2 Å². The normalized spacial score (nSPS) is 18.5. The van der Waals surface area contributed by atoms with Gasteiger partial charge in [-0.3, -0.25) is 0 Å². The van der Waals surface area contributed by atoms with Gasteiger partial charge in [0.2, 0.25) is 0 Å². The second-order valence-corrected chi connectivity index (χ2v) is 6.92. The Balaban J connectivity index is 1.40. The third-order valence-electron chi connectivity index (χ3n) is 4.75. The Labute approximate surface area is 172 Å². The molecule has 2 aromatic carbocycles. The Morgan fingerprint density at radius 2 is 1.53 bits per heavy atom. The second kappa shape index (κ2) is 9.91. The first-order valence-electron chi connectivity index (χ1n) is 9.51. The summed E-state index contributed by atoms with van der Waals surface area (Å²) in [6.07, 6.45) is 3.00. The summed E-state index contributed by atoms with van der Waals surface area (Å²) < 4.78 is 34.5. The fourth-order valence-corrected chi connectivity index (χ4v) is 3.27. The molecule has 0 saturated heterocycles. The Hall–Kier alpha value is -3.36. The predicted octanol–water partition coefficient (Wildman–Crippen LogP) is 4.50. The van der Waals surface area contributed by atoms with E-state index in [2.05, 4.69) is 15.4 Å². The fraction of sp³-hybridized carbons (Fsp3) is 0.333. The van der Waals surface area contributed by atoms with Gasteiger partial charge in [0.05, 0.1) is 11.7 Å². The molecule has 3 rings (SSSR count). The van der Waals surface area contributed by atoms with Crippen LogP contribution in [0.15, 0.2) is 48.5 Å². The molecule has 30 heavy (non-hydrogen) atoms. The molecule has 2 amide bonds. The number of nitrogens with one attached hydrogen (secondary N) is 2. The van der Waals surface area contributed by atoms with Gasteiger partial charge in [0.1, 0.15) is 11.5 Å². The highest BCUT2D eigenvalue weighted by Crippen LogP contribution is 2.24. The molecule has 3 N–H and O–H groups in total. The summed E-state index contributed by atoms with van der Waals surface area (Å²) in [5, 5.41) is 14.5. The van der Waals surface area contributed by atoms with Crippen molar-refractivity contribution < 1.29 is 33.0 Å². The van der Waals surface area contributed by atoms with Gasteiger partial charge in [0.25, 0.3) is 0 Å². The number of benzene rings is 2. The minimum atomic E-state index is -2.89. The molecule has 160 valence electrons. The van der Waals surface area contributed by atoms with Crippen molar-refractivity contribution in [1.82, 2.24) is 5.32 Å². The first-order valence-corrected chi connectivity index (χ1v) is 9.51. The smallest absolute Gasteiger partial charge is 0.387 e. The maximum absolute atomic E-state index is 12.2. The average molecular weight is 420 g/mol. The van der Waals surface area contributed by atoms with Crippen molar-refractivity contribution in [3.63, 3.8) is 0 Å². The molecule has 1 saturated carbocycles. The number of halogens is 2. The molecule has 0 aliphatic heterocycles. The lowest BCUT2D eigenvalue weighted by molar-refractivity contribution is -0.0498. The van der Waals surface area contributed by atoms with Gasteiger partial charge in [0.15, 0.2) is 0 Å². The van der Waals surface area contributed by atoms with Crippen molar-refractivity contribution in [3.8, 4) is 11.5 Å². The molecular formula is C21H22F2N2O5. The summed E-state index contributed by atoms with van der Waals surface area (Å²) in [5.41, 5.74) is 0.674. The van der Waals surface area contributed by atoms with E-state index in [1.165, 1.54) is 36.4 Å². The topological polar surface area (TPSA) is 96.9 Å². The fourth-order valence-electron chi connectivity index (χ4n) is 3.27. The molecule has 2 aromatic rings. The van der Waals surface area contributed by atoms with Crippen LogP contribution in [0.25, 0.3) is 0 Å². The molecule has 0 unspecified atom stereocenters. The van der Waals surface area contributed by atoms with E-state index in [0.717, 1.165) is 25.7 Å². The summed E-state index contributed by atoms with van der Waals surface area (Å²) in [6, 6.07) is 11.6. The monoisotopic (exact) mass is 420 g/mol. The first-order chi connectivity index (χ1) is 14.4. The van der Waals surface area contributed by atoms with Crippen LogP contribution in [0.5, 0.6) is 11.5 Å². The summed E-state index contributed by atoms with van der Waals surface area (Å²) in [6.45, 7) is -2.89. The third kappa shape index (κ3) is 6.33. The molecule has 1 fully saturated rings. The quantitative estimate of drug-likeness (QED) is 0.613. The minimum Gasteiger partial charge on any atom is -0.490 e. The highest BCUT2D eigenvalue weighted by molar-refractivity contribution is 5.89. The number of amides is 2. The molecule has 0 heterocycles. The molecule has 9 heteroatoms. The van der Waals surface area contributed by atoms with E-state index >= 15 is 0 Å². The lowest BCUT2D eigenvalue weighted by Gasteiger charge is -2.29. The number of hydrogen-bond acceptors (Lipinski definition) is 4. The van der Waals surface area contributed by atoms with Crippen LogP contribution in [0.4, 0.5) is 19.3 Å². The van der Waals surface area contributed by atoms with Gasteiger partial charge >= 0.3 is 18.6 Å². The molecule has 0 aromatic heterocycles. The number of ether oxygens (including phenoxy) is 2. The number of alkyl halides is 2. The van der Waals surface area contributed by atoms with E-state index in [-0.39, 0.29) is 29.5 Å². The van der Waals surface area contributed by atoms with Gasteiger partial charge in [0, 0.05) is 11.7 Å². The van der Waals surface area contributed by atoms with E-state index in [9.17, 15) is 18.4 Å². The number of carboxylic acid groups (broad SMARTS) is 1. The number of anilines is 1. The van der Waals surface area contributed by atoms with Crippen molar-refractivity contribution in [1.29, 1.82) is 0 Å². The minimum absolute atomic E-state index is 0.000626. The Kier molecular flexibility index (Phi) is 7.05. The Morgan fingerprint density at radius 1 is 0.933 bits per heavy atom. The van der Waals surface area contributed by atoms with E-state index < -0.39 is 12.6 Å². The number of aromatic carboxylic acids is 1. The van der Waals surface area contributed by atoms with Gasteiger partial charge in [-0.25, -0.2) is 9.59 Å². The third-order valence-corrected chi connectivity index (χ3v) is 4.75. The average Bonchev–Trinajstić information content (AvgIpc) is 2.71. The molecule has 0 radical (unpaired) electrons. The lowest BCUT2D eigenvalue weighted by Crippen LogP contribution is -2.41. The molecule has 1 aliphatic carbocycles. The zero-order valence-electron chi connectivity index (χ0n) is 16.0. The predicted molar refractivity (Wildman–Crippen MR) is 105 cm³/mol. The number of carbonyl (C=O) groups is 2. The highest BCUT2D eigenvalue weighted by atomic mass is 19.3. The Morgan fingerprint density at radius 3 is 2.10 bits per heavy atom. The largest absolute Gasteiger partial charge is 0.490 e. The van der Waals surface area contributed by atoms with Crippen LogP contribution >= 0.6 is 0 Å². The summed E-state index contributed by atoms with van der Waals surface area (Å²) >= 11 is 0. The molecule has 0 spiro atoms. The lowest BCUT2D eigenvalue weighted by atomic mass is 9.93. The maximum atomic E-state index is 12.2. The van der Waals surface area contributed by atoms with Gasteiger partial charge in [-0.15, -0.1) is 0 Å². The van der Waals surface area contributed by atoms with Crippen LogP contribution in [0, 0.1) is 0 Å². The van der Waals surface area contributed by atoms with Crippen LogP contribution in [-0.2, 0) is 0 Å². The standard InChI is InChI=1S/C21H22F2N2O5/c22-20(23)30-18-11-5-15(6-12-18)25-21(28)24-14-3-9-17(10-4-14)29-16-7-1-13(2-8-16)19(26)27/h1-2,5-8,11-12,14,17,20H,3-4,9-10H2,(H,26,27)(H2,24,25,28). The summed E-state index contributed by atoms with van der Waals surface area (Å²) in [5.74, 6) is -0.343. The number of rotatable bonds is 7. The SMILES string of the molecule is O=C(Nc1ccc(OC(F)F)cc1)NC1CCC(Oc2ccc(C(=O)O)cc2)CC1. The highest BCUT2D eigenvalue weighted by Gasteiger charge is 2.23. The maximum Gasteiger partial charge on any atom is 0.387 e. The van der Waals surface area contributed by atoms with Crippen LogP contribution < -0.4 is 20.1 Å². The van der Waals surface area contributed by atoms with Crippen LogP contribution in [0.2, 0.25) is 0 Å². The molecular weight excluding hydrogens is 398 g/mol. The first kappa shape index (κ1) is 21.4. The van der Waals surface area contributed by atoms with E-state index in [4.69, 9.17) is 9.84 Å². The number of urea groups is 1. The zero-order chi connectivity index (χ0) is 21.5. The van der Waals surface area contributed by atoms with Gasteiger partial charge in [-0.1, -0.05) is 0 Å². The molecule has 1 aliphatic rings. The van der Waals surface area contributed by atoms with Crippen molar-refractivity contribution >= 4 is 17.7 Å².